The number of aromatic nitrogens is 4. The summed E-state index contributed by atoms with van der Waals surface area (Å²) in [6.07, 6.45) is 9.17. The first-order valence-corrected chi connectivity index (χ1v) is 5.71. The van der Waals surface area contributed by atoms with E-state index in [4.69, 9.17) is 0 Å². The largest absolute Gasteiger partial charge is 0.338 e. The third-order valence-electron chi connectivity index (χ3n) is 2.82. The van der Waals surface area contributed by atoms with Crippen LogP contribution in [0, 0.1) is 0 Å². The summed E-state index contributed by atoms with van der Waals surface area (Å²) >= 11 is 0. The van der Waals surface area contributed by atoms with Crippen LogP contribution in [0.2, 0.25) is 0 Å². The fourth-order valence-corrected chi connectivity index (χ4v) is 1.80. The van der Waals surface area contributed by atoms with E-state index in [-0.39, 0.29) is 6.04 Å². The number of hydrogen-bond donors (Lipinski definition) is 1. The Hall–Kier alpha value is -1.75. The van der Waals surface area contributed by atoms with Crippen LogP contribution < -0.4 is 5.32 Å². The Morgan fingerprint density at radius 3 is 2.59 bits per heavy atom. The van der Waals surface area contributed by atoms with Crippen molar-refractivity contribution in [2.75, 3.05) is 7.05 Å². The zero-order valence-electron chi connectivity index (χ0n) is 10.2. The maximum atomic E-state index is 4.31. The molecule has 0 aliphatic carbocycles. The zero-order valence-corrected chi connectivity index (χ0v) is 10.2. The molecule has 1 unspecified atom stereocenters. The maximum absolute atomic E-state index is 4.31. The molecule has 0 fully saturated rings. The highest BCUT2D eigenvalue weighted by Gasteiger charge is 2.12. The van der Waals surface area contributed by atoms with Crippen LogP contribution in [0.1, 0.15) is 24.1 Å². The summed E-state index contributed by atoms with van der Waals surface area (Å²) in [4.78, 5) is 12.9. The van der Waals surface area contributed by atoms with E-state index in [0.29, 0.717) is 0 Å². The highest BCUT2D eigenvalue weighted by molar-refractivity contribution is 4.98. The third-order valence-corrected chi connectivity index (χ3v) is 2.82. The van der Waals surface area contributed by atoms with E-state index in [1.165, 1.54) is 0 Å². The van der Waals surface area contributed by atoms with Gasteiger partial charge < -0.3 is 9.88 Å². The molecule has 90 valence electrons. The highest BCUT2D eigenvalue weighted by atomic mass is 15.0. The first-order chi connectivity index (χ1) is 8.31. The van der Waals surface area contributed by atoms with Crippen LogP contribution in [-0.2, 0) is 13.5 Å². The van der Waals surface area contributed by atoms with Gasteiger partial charge >= 0.3 is 0 Å². The van der Waals surface area contributed by atoms with Crippen molar-refractivity contribution in [2.45, 2.75) is 18.9 Å². The van der Waals surface area contributed by atoms with Crippen LogP contribution in [0.15, 0.2) is 30.9 Å². The summed E-state index contributed by atoms with van der Waals surface area (Å²) in [5.74, 6) is 1.92. The predicted molar refractivity (Wildman–Crippen MR) is 65.4 cm³/mol. The molecular weight excluding hydrogens is 214 g/mol. The van der Waals surface area contributed by atoms with Gasteiger partial charge in [-0.05, 0) is 19.5 Å². The summed E-state index contributed by atoms with van der Waals surface area (Å²) in [6.45, 7) is 0. The lowest BCUT2D eigenvalue weighted by Gasteiger charge is -2.13. The summed E-state index contributed by atoms with van der Waals surface area (Å²) in [5.41, 5.74) is 0. The number of hydrogen-bond acceptors (Lipinski definition) is 4. The Morgan fingerprint density at radius 2 is 2.00 bits per heavy atom. The van der Waals surface area contributed by atoms with Crippen molar-refractivity contribution in [1.29, 1.82) is 0 Å². The van der Waals surface area contributed by atoms with Crippen LogP contribution in [-0.4, -0.2) is 26.6 Å². The molecule has 2 aromatic heterocycles. The molecule has 17 heavy (non-hydrogen) atoms. The van der Waals surface area contributed by atoms with Gasteiger partial charge in [-0.15, -0.1) is 0 Å². The van der Waals surface area contributed by atoms with Crippen molar-refractivity contribution in [2.24, 2.45) is 7.05 Å². The van der Waals surface area contributed by atoms with Crippen LogP contribution in [0.25, 0.3) is 0 Å². The molecule has 0 aromatic carbocycles. The molecule has 1 N–H and O–H groups in total. The second-order valence-electron chi connectivity index (χ2n) is 3.94. The molecule has 0 bridgehead atoms. The Kier molecular flexibility index (Phi) is 3.82. The van der Waals surface area contributed by atoms with Crippen molar-refractivity contribution >= 4 is 0 Å². The summed E-state index contributed by atoms with van der Waals surface area (Å²) in [5, 5.41) is 3.24. The molecule has 5 heteroatoms. The van der Waals surface area contributed by atoms with Crippen LogP contribution >= 0.6 is 0 Å². The molecule has 0 saturated heterocycles. The second-order valence-corrected chi connectivity index (χ2v) is 3.94. The molecule has 0 aliphatic heterocycles. The molecule has 0 aliphatic rings. The predicted octanol–water partition coefficient (Wildman–Crippen LogP) is 1.10. The van der Waals surface area contributed by atoms with Crippen molar-refractivity contribution < 1.29 is 0 Å². The molecule has 0 saturated carbocycles. The molecule has 1 atom stereocenters. The number of aryl methyl sites for hydroxylation is 2. The van der Waals surface area contributed by atoms with Crippen molar-refractivity contribution in [1.82, 2.24) is 24.8 Å². The minimum absolute atomic E-state index is 0.174. The number of nitrogens with zero attached hydrogens (tertiary/aromatic N) is 4. The molecular formula is C12H17N5. The van der Waals surface area contributed by atoms with E-state index in [1.807, 2.05) is 37.1 Å². The van der Waals surface area contributed by atoms with Gasteiger partial charge in [0.2, 0.25) is 0 Å². The summed E-state index contributed by atoms with van der Waals surface area (Å²) < 4.78 is 2.04. The molecule has 0 radical (unpaired) electrons. The average molecular weight is 231 g/mol. The minimum atomic E-state index is 0.174. The lowest BCUT2D eigenvalue weighted by molar-refractivity contribution is 0.509. The third kappa shape index (κ3) is 2.88. The molecule has 0 spiro atoms. The van der Waals surface area contributed by atoms with E-state index in [1.54, 1.807) is 12.4 Å². The number of imidazole rings is 1. The van der Waals surface area contributed by atoms with E-state index in [0.717, 1.165) is 24.5 Å². The SMILES string of the molecule is CNC(CCc1nccn1C)c1ncccn1. The first kappa shape index (κ1) is 11.7. The molecule has 2 heterocycles. The van der Waals surface area contributed by atoms with Crippen molar-refractivity contribution in [3.8, 4) is 0 Å². The van der Waals surface area contributed by atoms with Gasteiger partial charge in [-0.3, -0.25) is 0 Å². The van der Waals surface area contributed by atoms with Crippen LogP contribution in [0.4, 0.5) is 0 Å². The summed E-state index contributed by atoms with van der Waals surface area (Å²) in [6, 6.07) is 2.00. The van der Waals surface area contributed by atoms with E-state index >= 15 is 0 Å². The summed E-state index contributed by atoms with van der Waals surface area (Å²) in [7, 11) is 3.94. The molecule has 2 aromatic rings. The van der Waals surface area contributed by atoms with Gasteiger partial charge in [0.05, 0.1) is 6.04 Å². The standard InChI is InChI=1S/C12H17N5/c1-13-10(12-15-6-3-7-16-12)4-5-11-14-8-9-17(11)2/h3,6-10,13H,4-5H2,1-2H3. The normalized spacial score (nSPS) is 12.6. The molecule has 0 amide bonds. The quantitative estimate of drug-likeness (QED) is 0.837. The van der Waals surface area contributed by atoms with Crippen molar-refractivity contribution in [3.05, 3.63) is 42.5 Å². The maximum Gasteiger partial charge on any atom is 0.145 e. The average Bonchev–Trinajstić information content (AvgIpc) is 2.77. The van der Waals surface area contributed by atoms with E-state index < -0.39 is 0 Å². The Balaban J connectivity index is 1.99. The Labute approximate surface area is 101 Å². The zero-order chi connectivity index (χ0) is 12.1. The van der Waals surface area contributed by atoms with Gasteiger partial charge in [0.15, 0.2) is 0 Å². The first-order valence-electron chi connectivity index (χ1n) is 5.71. The van der Waals surface area contributed by atoms with Gasteiger partial charge in [0.1, 0.15) is 11.6 Å². The van der Waals surface area contributed by atoms with Crippen LogP contribution in [0.3, 0.4) is 0 Å². The molecule has 5 nitrogen and oxygen atoms in total. The molecule has 2 rings (SSSR count). The monoisotopic (exact) mass is 231 g/mol. The number of rotatable bonds is 5. The fraction of sp³-hybridized carbons (Fsp3) is 0.417. The van der Waals surface area contributed by atoms with E-state index in [2.05, 4.69) is 20.3 Å². The highest BCUT2D eigenvalue weighted by Crippen LogP contribution is 2.13. The lowest BCUT2D eigenvalue weighted by atomic mass is 10.1. The van der Waals surface area contributed by atoms with Gasteiger partial charge in [0.25, 0.3) is 0 Å². The van der Waals surface area contributed by atoms with E-state index in [9.17, 15) is 0 Å². The second kappa shape index (κ2) is 5.54. The topological polar surface area (TPSA) is 55.6 Å². The van der Waals surface area contributed by atoms with Gasteiger partial charge in [-0.2, -0.15) is 0 Å². The van der Waals surface area contributed by atoms with Gasteiger partial charge in [-0.1, -0.05) is 0 Å². The lowest BCUT2D eigenvalue weighted by Crippen LogP contribution is -2.20. The van der Waals surface area contributed by atoms with Crippen LogP contribution in [0.5, 0.6) is 0 Å². The van der Waals surface area contributed by atoms with Gasteiger partial charge in [-0.25, -0.2) is 15.0 Å². The smallest absolute Gasteiger partial charge is 0.145 e. The fourth-order valence-electron chi connectivity index (χ4n) is 1.80. The Bertz CT molecular complexity index is 451. The minimum Gasteiger partial charge on any atom is -0.338 e. The van der Waals surface area contributed by atoms with Gasteiger partial charge in [0, 0.05) is 38.3 Å². The van der Waals surface area contributed by atoms with Crippen molar-refractivity contribution in [3.63, 3.8) is 0 Å². The number of nitrogens with one attached hydrogen (secondary N) is 1. The Morgan fingerprint density at radius 1 is 1.24 bits per heavy atom.